The molecule has 0 N–H and O–H groups in total. The molecule has 0 aliphatic rings. The first-order valence-corrected chi connectivity index (χ1v) is 6.11. The van der Waals surface area contributed by atoms with E-state index >= 15 is 0 Å². The summed E-state index contributed by atoms with van der Waals surface area (Å²) in [6, 6.07) is 16.4. The van der Waals surface area contributed by atoms with Gasteiger partial charge < -0.3 is 0 Å². The highest BCUT2D eigenvalue weighted by Crippen LogP contribution is 2.30. The first kappa shape index (κ1) is 13.4. The quantitative estimate of drug-likeness (QED) is 0.794. The van der Waals surface area contributed by atoms with Gasteiger partial charge in [0.2, 0.25) is 5.78 Å². The van der Waals surface area contributed by atoms with E-state index in [4.69, 9.17) is 0 Å². The van der Waals surface area contributed by atoms with Crippen LogP contribution in [0.2, 0.25) is 0 Å². The van der Waals surface area contributed by atoms with Crippen molar-refractivity contribution in [1.29, 1.82) is 0 Å². The topological polar surface area (TPSA) is 17.1 Å². The zero-order valence-corrected chi connectivity index (χ0v) is 10.4. The Morgan fingerprint density at radius 2 is 1.42 bits per heavy atom. The zero-order chi connectivity index (χ0) is 13.7. The van der Waals surface area contributed by atoms with Gasteiger partial charge >= 0.3 is 5.92 Å². The van der Waals surface area contributed by atoms with Gasteiger partial charge in [0, 0.05) is 12.0 Å². The lowest BCUT2D eigenvalue weighted by Gasteiger charge is -2.15. The molecule has 0 amide bonds. The fourth-order valence-electron chi connectivity index (χ4n) is 1.87. The van der Waals surface area contributed by atoms with Gasteiger partial charge in [-0.2, -0.15) is 8.78 Å². The van der Waals surface area contributed by atoms with Crippen LogP contribution in [0.5, 0.6) is 0 Å². The van der Waals surface area contributed by atoms with Crippen LogP contribution in [0, 0.1) is 0 Å². The van der Waals surface area contributed by atoms with Gasteiger partial charge in [0.1, 0.15) is 0 Å². The molecule has 98 valence electrons. The Labute approximate surface area is 110 Å². The first-order valence-electron chi connectivity index (χ1n) is 6.11. The number of hydrogen-bond donors (Lipinski definition) is 0. The third-order valence-corrected chi connectivity index (χ3v) is 2.97. The molecule has 3 heteroatoms. The Balaban J connectivity index is 2.03. The number of hydrogen-bond acceptors (Lipinski definition) is 1. The van der Waals surface area contributed by atoms with Crippen LogP contribution in [0.15, 0.2) is 60.7 Å². The zero-order valence-electron chi connectivity index (χ0n) is 10.4. The Kier molecular flexibility index (Phi) is 4.05. The summed E-state index contributed by atoms with van der Waals surface area (Å²) in [6.45, 7) is 0. The minimum absolute atomic E-state index is 0.161. The second kappa shape index (κ2) is 5.74. The molecule has 0 aliphatic heterocycles. The Hall–Kier alpha value is -2.03. The van der Waals surface area contributed by atoms with Crippen molar-refractivity contribution < 1.29 is 13.6 Å². The highest BCUT2D eigenvalue weighted by atomic mass is 19.3. The smallest absolute Gasteiger partial charge is 0.293 e. The molecular weight excluding hydrogens is 246 g/mol. The maximum Gasteiger partial charge on any atom is 0.330 e. The normalized spacial score (nSPS) is 11.3. The van der Waals surface area contributed by atoms with E-state index in [0.717, 1.165) is 5.56 Å². The van der Waals surface area contributed by atoms with Crippen molar-refractivity contribution in [3.63, 3.8) is 0 Å². The van der Waals surface area contributed by atoms with Gasteiger partial charge in [-0.15, -0.1) is 0 Å². The average Bonchev–Trinajstić information content (AvgIpc) is 2.46. The van der Waals surface area contributed by atoms with Crippen molar-refractivity contribution in [1.82, 2.24) is 0 Å². The Bertz CT molecular complexity index is 535. The van der Waals surface area contributed by atoms with Gasteiger partial charge in [-0.3, -0.25) is 4.79 Å². The minimum Gasteiger partial charge on any atom is -0.293 e. The van der Waals surface area contributed by atoms with Crippen molar-refractivity contribution in [3.8, 4) is 0 Å². The molecule has 0 heterocycles. The molecule has 0 bridgehead atoms. The van der Waals surface area contributed by atoms with Gasteiger partial charge in [0.05, 0.1) is 0 Å². The van der Waals surface area contributed by atoms with Crippen molar-refractivity contribution in [3.05, 3.63) is 71.8 Å². The van der Waals surface area contributed by atoms with Crippen LogP contribution in [0.1, 0.15) is 17.5 Å². The number of carbonyl (C=O) groups excluding carboxylic acids is 1. The highest BCUT2D eigenvalue weighted by molar-refractivity contribution is 5.87. The minimum atomic E-state index is -3.41. The van der Waals surface area contributed by atoms with E-state index in [1.54, 1.807) is 6.07 Å². The van der Waals surface area contributed by atoms with E-state index < -0.39 is 11.7 Å². The Morgan fingerprint density at radius 3 is 2.00 bits per heavy atom. The fraction of sp³-hybridized carbons (Fsp3) is 0.188. The van der Waals surface area contributed by atoms with E-state index in [9.17, 15) is 13.6 Å². The monoisotopic (exact) mass is 260 g/mol. The summed E-state index contributed by atoms with van der Waals surface area (Å²) < 4.78 is 27.8. The summed E-state index contributed by atoms with van der Waals surface area (Å²) >= 11 is 0. The second-order valence-corrected chi connectivity index (χ2v) is 4.35. The predicted octanol–water partition coefficient (Wildman–Crippen LogP) is 3.98. The van der Waals surface area contributed by atoms with E-state index in [2.05, 4.69) is 0 Å². The molecular formula is C16H14F2O. The molecule has 19 heavy (non-hydrogen) atoms. The predicted molar refractivity (Wildman–Crippen MR) is 70.1 cm³/mol. The number of ketones is 1. The fourth-order valence-corrected chi connectivity index (χ4v) is 1.87. The molecule has 1 nitrogen and oxygen atoms in total. The summed E-state index contributed by atoms with van der Waals surface area (Å²) in [7, 11) is 0. The summed E-state index contributed by atoms with van der Waals surface area (Å²) in [5.74, 6) is -4.45. The van der Waals surface area contributed by atoms with Crippen LogP contribution < -0.4 is 0 Å². The first-order chi connectivity index (χ1) is 9.10. The lowest BCUT2D eigenvalue weighted by molar-refractivity contribution is -0.144. The largest absolute Gasteiger partial charge is 0.330 e. The molecule has 0 saturated carbocycles. The van der Waals surface area contributed by atoms with Crippen molar-refractivity contribution >= 4 is 5.78 Å². The average molecular weight is 260 g/mol. The van der Waals surface area contributed by atoms with Gasteiger partial charge in [-0.05, 0) is 12.0 Å². The summed E-state index contributed by atoms with van der Waals surface area (Å²) in [5.41, 5.74) is 0.646. The van der Waals surface area contributed by atoms with Crippen LogP contribution in [0.3, 0.4) is 0 Å². The molecule has 0 aliphatic carbocycles. The number of halogens is 2. The van der Waals surface area contributed by atoms with Crippen molar-refractivity contribution in [2.45, 2.75) is 18.8 Å². The summed E-state index contributed by atoms with van der Waals surface area (Å²) in [5, 5.41) is 0. The molecule has 0 saturated heterocycles. The Morgan fingerprint density at radius 1 is 0.895 bits per heavy atom. The summed E-state index contributed by atoms with van der Waals surface area (Å²) in [6.07, 6.45) is 0.175. The van der Waals surface area contributed by atoms with Gasteiger partial charge in [-0.1, -0.05) is 60.7 Å². The standard InChI is InChI=1S/C16H14F2O/c17-16(18,14-9-5-2-6-10-14)15(19)12-11-13-7-3-1-4-8-13/h1-10H,11-12H2. The maximum atomic E-state index is 13.9. The third-order valence-electron chi connectivity index (χ3n) is 2.97. The maximum absolute atomic E-state index is 13.9. The SMILES string of the molecule is O=C(CCc1ccccc1)C(F)(F)c1ccccc1. The molecule has 0 radical (unpaired) electrons. The van der Waals surface area contributed by atoms with Crippen LogP contribution >= 0.6 is 0 Å². The molecule has 0 aromatic heterocycles. The van der Waals surface area contributed by atoms with E-state index in [-0.39, 0.29) is 12.0 Å². The van der Waals surface area contributed by atoms with Crippen LogP contribution in [-0.2, 0) is 17.1 Å². The molecule has 0 fully saturated rings. The van der Waals surface area contributed by atoms with Gasteiger partial charge in [0.25, 0.3) is 0 Å². The van der Waals surface area contributed by atoms with Crippen LogP contribution in [0.4, 0.5) is 8.78 Å². The number of rotatable bonds is 5. The highest BCUT2D eigenvalue weighted by Gasteiger charge is 2.39. The molecule has 0 spiro atoms. The van der Waals surface area contributed by atoms with Crippen LogP contribution in [-0.4, -0.2) is 5.78 Å². The van der Waals surface area contributed by atoms with Crippen molar-refractivity contribution in [2.75, 3.05) is 0 Å². The van der Waals surface area contributed by atoms with Gasteiger partial charge in [-0.25, -0.2) is 0 Å². The molecule has 2 rings (SSSR count). The molecule has 2 aromatic rings. The molecule has 0 unspecified atom stereocenters. The summed E-state index contributed by atoms with van der Waals surface area (Å²) in [4.78, 5) is 11.7. The van der Waals surface area contributed by atoms with E-state index in [0.29, 0.717) is 6.42 Å². The molecule has 0 atom stereocenters. The van der Waals surface area contributed by atoms with Gasteiger partial charge in [0.15, 0.2) is 0 Å². The third kappa shape index (κ3) is 3.25. The number of alkyl halides is 2. The lowest BCUT2D eigenvalue weighted by Crippen LogP contribution is -2.26. The van der Waals surface area contributed by atoms with Crippen molar-refractivity contribution in [2.24, 2.45) is 0 Å². The number of aryl methyl sites for hydroxylation is 1. The number of carbonyl (C=O) groups is 1. The van der Waals surface area contributed by atoms with Crippen LogP contribution in [0.25, 0.3) is 0 Å². The number of benzene rings is 2. The number of Topliss-reactive ketones (excluding diaryl/α,β-unsaturated/α-hetero) is 1. The lowest BCUT2D eigenvalue weighted by atomic mass is 9.99. The van der Waals surface area contributed by atoms with E-state index in [1.165, 1.54) is 24.3 Å². The van der Waals surface area contributed by atoms with E-state index in [1.807, 2.05) is 30.3 Å². The second-order valence-electron chi connectivity index (χ2n) is 4.35. The molecule has 2 aromatic carbocycles.